The number of aromatic nitrogens is 1. The van der Waals surface area contributed by atoms with Gasteiger partial charge >= 0.3 is 0 Å². The van der Waals surface area contributed by atoms with Crippen LogP contribution in [0.15, 0.2) is 110 Å². The smallest absolute Gasteiger partial charge is 0.219 e. The SMILES string of the molecule is C=CC(=O)CCCc1ccc(Oc2cccc(Cc3cccc(Oc4ccccc4)c3)c2)nc1. The minimum absolute atomic E-state index is 0.0724. The van der Waals surface area contributed by atoms with Gasteiger partial charge in [-0.2, -0.15) is 0 Å². The van der Waals surface area contributed by atoms with Crippen molar-refractivity contribution in [3.63, 3.8) is 0 Å². The zero-order chi connectivity index (χ0) is 23.6. The van der Waals surface area contributed by atoms with Gasteiger partial charge in [-0.25, -0.2) is 4.98 Å². The summed E-state index contributed by atoms with van der Waals surface area (Å²) in [5, 5.41) is 0. The predicted octanol–water partition coefficient (Wildman–Crippen LogP) is 7.33. The number of allylic oxidation sites excluding steroid dienone is 1. The van der Waals surface area contributed by atoms with Crippen molar-refractivity contribution in [2.75, 3.05) is 0 Å². The normalized spacial score (nSPS) is 10.5. The maximum absolute atomic E-state index is 11.3. The van der Waals surface area contributed by atoms with Gasteiger partial charge in [0.05, 0.1) is 0 Å². The Morgan fingerprint density at radius 3 is 2.09 bits per heavy atom. The van der Waals surface area contributed by atoms with E-state index >= 15 is 0 Å². The molecule has 0 spiro atoms. The summed E-state index contributed by atoms with van der Waals surface area (Å²) in [6.07, 6.45) is 6.03. The third kappa shape index (κ3) is 6.91. The first-order chi connectivity index (χ1) is 16.7. The first-order valence-corrected chi connectivity index (χ1v) is 11.4. The highest BCUT2D eigenvalue weighted by atomic mass is 16.5. The average Bonchev–Trinajstić information content (AvgIpc) is 2.86. The van der Waals surface area contributed by atoms with Crippen LogP contribution in [0.2, 0.25) is 0 Å². The van der Waals surface area contributed by atoms with Crippen LogP contribution < -0.4 is 9.47 Å². The van der Waals surface area contributed by atoms with E-state index in [9.17, 15) is 4.79 Å². The summed E-state index contributed by atoms with van der Waals surface area (Å²) in [4.78, 5) is 15.7. The fourth-order valence-corrected chi connectivity index (χ4v) is 3.61. The van der Waals surface area contributed by atoms with Crippen molar-refractivity contribution in [1.82, 2.24) is 4.98 Å². The molecule has 0 fully saturated rings. The molecule has 1 heterocycles. The van der Waals surface area contributed by atoms with Crippen LogP contribution in [0.3, 0.4) is 0 Å². The lowest BCUT2D eigenvalue weighted by Gasteiger charge is -2.10. The maximum Gasteiger partial charge on any atom is 0.219 e. The van der Waals surface area contributed by atoms with Crippen LogP contribution >= 0.6 is 0 Å². The van der Waals surface area contributed by atoms with Gasteiger partial charge in [-0.05, 0) is 78.4 Å². The van der Waals surface area contributed by atoms with Crippen molar-refractivity contribution < 1.29 is 14.3 Å². The lowest BCUT2D eigenvalue weighted by atomic mass is 10.0. The summed E-state index contributed by atoms with van der Waals surface area (Å²) in [5.41, 5.74) is 3.37. The largest absolute Gasteiger partial charge is 0.457 e. The fraction of sp³-hybridized carbons (Fsp3) is 0.133. The molecule has 0 radical (unpaired) electrons. The second kappa shape index (κ2) is 11.6. The number of para-hydroxylation sites is 1. The Labute approximate surface area is 200 Å². The highest BCUT2D eigenvalue weighted by molar-refractivity contribution is 5.88. The molecule has 4 nitrogen and oxygen atoms in total. The third-order valence-corrected chi connectivity index (χ3v) is 5.32. The monoisotopic (exact) mass is 449 g/mol. The lowest BCUT2D eigenvalue weighted by Crippen LogP contribution is -1.95. The van der Waals surface area contributed by atoms with Crippen molar-refractivity contribution in [3.05, 3.63) is 127 Å². The standard InChI is InChI=1S/C30H27NO3/c1-2-26(32)12-6-9-23-17-18-30(31-22-23)34-29-16-8-11-25(21-29)19-24-10-7-15-28(20-24)33-27-13-4-3-5-14-27/h2-5,7-8,10-11,13-18,20-22H,1,6,9,12,19H2. The number of nitrogens with zero attached hydrogens (tertiary/aromatic N) is 1. The molecule has 0 saturated heterocycles. The van der Waals surface area contributed by atoms with E-state index in [-0.39, 0.29) is 5.78 Å². The van der Waals surface area contributed by atoms with Crippen molar-refractivity contribution in [3.8, 4) is 23.1 Å². The molecule has 0 aliphatic heterocycles. The molecule has 4 rings (SSSR count). The van der Waals surface area contributed by atoms with E-state index in [0.29, 0.717) is 12.3 Å². The van der Waals surface area contributed by atoms with Crippen molar-refractivity contribution in [2.45, 2.75) is 25.7 Å². The van der Waals surface area contributed by atoms with E-state index < -0.39 is 0 Å². The molecule has 0 N–H and O–H groups in total. The van der Waals surface area contributed by atoms with Crippen LogP contribution in [-0.4, -0.2) is 10.8 Å². The van der Waals surface area contributed by atoms with E-state index in [0.717, 1.165) is 53.2 Å². The van der Waals surface area contributed by atoms with E-state index in [4.69, 9.17) is 9.47 Å². The summed E-state index contributed by atoms with van der Waals surface area (Å²) >= 11 is 0. The second-order valence-corrected chi connectivity index (χ2v) is 8.02. The van der Waals surface area contributed by atoms with E-state index in [2.05, 4.69) is 29.8 Å². The fourth-order valence-electron chi connectivity index (χ4n) is 3.61. The summed E-state index contributed by atoms with van der Waals surface area (Å²) in [6, 6.07) is 29.8. The number of ether oxygens (including phenoxy) is 2. The Bertz CT molecular complexity index is 1230. The van der Waals surface area contributed by atoms with E-state index in [1.54, 1.807) is 6.20 Å². The van der Waals surface area contributed by atoms with Gasteiger partial charge in [-0.1, -0.05) is 55.1 Å². The predicted molar refractivity (Wildman–Crippen MR) is 135 cm³/mol. The number of hydrogen-bond acceptors (Lipinski definition) is 4. The van der Waals surface area contributed by atoms with Gasteiger partial charge in [-0.15, -0.1) is 0 Å². The van der Waals surface area contributed by atoms with Gasteiger partial charge in [0.25, 0.3) is 0 Å². The zero-order valence-corrected chi connectivity index (χ0v) is 19.0. The summed E-state index contributed by atoms with van der Waals surface area (Å²) in [7, 11) is 0. The number of hydrogen-bond donors (Lipinski definition) is 0. The number of pyridine rings is 1. The summed E-state index contributed by atoms with van der Waals surface area (Å²) < 4.78 is 11.9. The minimum atomic E-state index is 0.0724. The molecule has 0 bridgehead atoms. The summed E-state index contributed by atoms with van der Waals surface area (Å²) in [6.45, 7) is 3.50. The minimum Gasteiger partial charge on any atom is -0.457 e. The second-order valence-electron chi connectivity index (χ2n) is 8.02. The van der Waals surface area contributed by atoms with Crippen LogP contribution in [0.25, 0.3) is 0 Å². The first kappa shape index (κ1) is 23.0. The molecule has 4 heteroatoms. The van der Waals surface area contributed by atoms with Gasteiger partial charge in [0.15, 0.2) is 5.78 Å². The molecule has 0 amide bonds. The highest BCUT2D eigenvalue weighted by Gasteiger charge is 2.05. The number of ketones is 1. The Morgan fingerprint density at radius 1 is 0.765 bits per heavy atom. The van der Waals surface area contributed by atoms with Gasteiger partial charge in [0, 0.05) is 18.7 Å². The number of benzene rings is 3. The molecular weight excluding hydrogens is 422 g/mol. The molecule has 34 heavy (non-hydrogen) atoms. The van der Waals surface area contributed by atoms with E-state index in [1.807, 2.05) is 72.8 Å². The highest BCUT2D eigenvalue weighted by Crippen LogP contribution is 2.25. The quantitative estimate of drug-likeness (QED) is 0.225. The number of carbonyl (C=O) groups is 1. The van der Waals surface area contributed by atoms with Crippen LogP contribution in [0.1, 0.15) is 29.5 Å². The van der Waals surface area contributed by atoms with Crippen molar-refractivity contribution in [1.29, 1.82) is 0 Å². The molecule has 1 aromatic heterocycles. The lowest BCUT2D eigenvalue weighted by molar-refractivity contribution is -0.114. The molecule has 170 valence electrons. The number of rotatable bonds is 11. The molecule has 3 aromatic carbocycles. The zero-order valence-electron chi connectivity index (χ0n) is 19.0. The van der Waals surface area contributed by atoms with Gasteiger partial charge in [-0.3, -0.25) is 4.79 Å². The van der Waals surface area contributed by atoms with Gasteiger partial charge in [0.1, 0.15) is 17.2 Å². The Balaban J connectivity index is 1.35. The molecule has 0 saturated carbocycles. The third-order valence-electron chi connectivity index (χ3n) is 5.32. The molecular formula is C30H27NO3. The van der Waals surface area contributed by atoms with Crippen LogP contribution in [-0.2, 0) is 17.6 Å². The molecule has 0 aliphatic carbocycles. The Hall–Kier alpha value is -4.18. The summed E-state index contributed by atoms with van der Waals surface area (Å²) in [5.74, 6) is 2.99. The average molecular weight is 450 g/mol. The van der Waals surface area contributed by atoms with Crippen molar-refractivity contribution >= 4 is 5.78 Å². The Morgan fingerprint density at radius 2 is 1.44 bits per heavy atom. The van der Waals surface area contributed by atoms with Gasteiger partial charge in [0.2, 0.25) is 5.88 Å². The molecule has 0 unspecified atom stereocenters. The van der Waals surface area contributed by atoms with E-state index in [1.165, 1.54) is 6.08 Å². The molecule has 0 atom stereocenters. The Kier molecular flexibility index (Phi) is 7.86. The topological polar surface area (TPSA) is 48.4 Å². The number of carbonyl (C=O) groups excluding carboxylic acids is 1. The van der Waals surface area contributed by atoms with Crippen LogP contribution in [0.5, 0.6) is 23.1 Å². The van der Waals surface area contributed by atoms with Crippen LogP contribution in [0.4, 0.5) is 0 Å². The molecule has 0 aliphatic rings. The van der Waals surface area contributed by atoms with Crippen molar-refractivity contribution in [2.24, 2.45) is 0 Å². The van der Waals surface area contributed by atoms with Crippen LogP contribution in [0, 0.1) is 0 Å². The maximum atomic E-state index is 11.3. The molecule has 4 aromatic rings. The first-order valence-electron chi connectivity index (χ1n) is 11.4. The number of aryl methyl sites for hydroxylation is 1. The van der Waals surface area contributed by atoms with Gasteiger partial charge < -0.3 is 9.47 Å².